The van der Waals surface area contributed by atoms with Gasteiger partial charge in [0, 0.05) is 72.0 Å². The zero-order valence-corrected chi connectivity index (χ0v) is 50.0. The second-order valence-corrected chi connectivity index (χ2v) is 21.3. The van der Waals surface area contributed by atoms with Crippen LogP contribution in [0, 0.1) is 11.8 Å². The summed E-state index contributed by atoms with van der Waals surface area (Å²) >= 11 is 0. The van der Waals surface area contributed by atoms with Crippen LogP contribution >= 0.6 is 0 Å². The van der Waals surface area contributed by atoms with Crippen LogP contribution in [-0.2, 0) is 76.5 Å². The lowest BCUT2D eigenvalue weighted by atomic mass is 9.89. The minimum absolute atomic E-state index is 0. The molecule has 0 spiro atoms. The molecule has 0 radical (unpaired) electrons. The number of carbonyl (C=O) groups is 12. The van der Waals surface area contributed by atoms with Crippen LogP contribution < -0.4 is 26.6 Å². The van der Waals surface area contributed by atoms with E-state index in [2.05, 4.69) is 26.6 Å². The maximum absolute atomic E-state index is 12.6. The summed E-state index contributed by atoms with van der Waals surface area (Å²) in [6.45, 7) is 3.35. The second kappa shape index (κ2) is 51.1. The van der Waals surface area contributed by atoms with Crippen LogP contribution in [0.25, 0.3) is 0 Å². The lowest BCUT2D eigenvalue weighted by Crippen LogP contribution is -2.44. The molecule has 490 valence electrons. The topological polar surface area (TPSA) is 423 Å². The molecule has 0 fully saturated rings. The number of aliphatic carboxylic acids is 5. The summed E-state index contributed by atoms with van der Waals surface area (Å²) in [4.78, 5) is 143. The standard InChI is InChI=1S/C58H99N5O22.H2/c1-41(48(66)38-44(42(2)64)55(74)75)20-17-18-30-59-49(67)27-25-47(58(80)81)63-53(71)40-85-37-34-82-32-19-21-43(65)39-84-36-35-83-33-31-60-50(68)28-24-45(56(76)77)62-52(70)29-26-46(57(78)79)61-51(69)22-15-13-11-9-7-5-3-4-6-8-10-12-14-16-23-54(72)73;/h41-42,44-47,64H,3-40H2,1-2H3,(H,59,67)(H,60,68)(H,61,69)(H,62,70)(H,63,71)(H,72,73)(H,74,75)(H,76,77)(H,78,79)(H,80,81);1H/t41-,42+,44-,45-,46-,47-;/m0./s1. The Balaban J connectivity index is 0. The third kappa shape index (κ3) is 46.8. The first kappa shape index (κ1) is 78.8. The van der Waals surface area contributed by atoms with E-state index >= 15 is 0 Å². The van der Waals surface area contributed by atoms with Gasteiger partial charge in [-0.3, -0.25) is 43.2 Å². The summed E-state index contributed by atoms with van der Waals surface area (Å²) in [6.07, 6.45) is 13.9. The lowest BCUT2D eigenvalue weighted by molar-refractivity contribution is -0.148. The van der Waals surface area contributed by atoms with E-state index in [4.69, 9.17) is 24.1 Å². The molecule has 11 N–H and O–H groups in total. The number of carbonyl (C=O) groups excluding carboxylic acids is 7. The number of aliphatic hydroxyl groups excluding tert-OH is 1. The number of unbranched alkanes of at least 4 members (excludes halogenated alkanes) is 14. The van der Waals surface area contributed by atoms with E-state index in [1.165, 1.54) is 32.6 Å². The average molecular weight is 1220 g/mol. The summed E-state index contributed by atoms with van der Waals surface area (Å²) in [6, 6.07) is -4.09. The van der Waals surface area contributed by atoms with E-state index < -0.39 is 102 Å². The summed E-state index contributed by atoms with van der Waals surface area (Å²) in [7, 11) is 0. The zero-order chi connectivity index (χ0) is 63.6. The molecule has 0 saturated carbocycles. The fourth-order valence-electron chi connectivity index (χ4n) is 8.57. The number of amides is 5. The van der Waals surface area contributed by atoms with Crippen molar-refractivity contribution in [3.05, 3.63) is 0 Å². The first-order valence-corrected chi connectivity index (χ1v) is 30.1. The van der Waals surface area contributed by atoms with E-state index in [0.717, 1.165) is 57.8 Å². The van der Waals surface area contributed by atoms with Crippen molar-refractivity contribution < 1.29 is 109 Å². The molecule has 0 aromatic heterocycles. The highest BCUT2D eigenvalue weighted by atomic mass is 16.5. The Bertz CT molecular complexity index is 2000. The van der Waals surface area contributed by atoms with Crippen LogP contribution in [0.5, 0.6) is 0 Å². The Hall–Kier alpha value is -6.16. The predicted molar refractivity (Wildman–Crippen MR) is 309 cm³/mol. The third-order valence-corrected chi connectivity index (χ3v) is 13.7. The quantitative estimate of drug-likeness (QED) is 0.0382. The van der Waals surface area contributed by atoms with Crippen molar-refractivity contribution >= 4 is 70.9 Å². The number of aliphatic hydroxyl groups is 1. The van der Waals surface area contributed by atoms with Crippen LogP contribution in [0.4, 0.5) is 0 Å². The van der Waals surface area contributed by atoms with E-state index in [-0.39, 0.29) is 137 Å². The smallest absolute Gasteiger partial charge is 0.326 e. The fraction of sp³-hybridized carbons (Fsp3) is 0.793. The molecule has 5 amide bonds. The van der Waals surface area contributed by atoms with Gasteiger partial charge >= 0.3 is 29.8 Å². The fourth-order valence-corrected chi connectivity index (χ4v) is 8.57. The molecule has 6 atom stereocenters. The van der Waals surface area contributed by atoms with Gasteiger partial charge in [0.1, 0.15) is 37.1 Å². The van der Waals surface area contributed by atoms with Crippen molar-refractivity contribution in [1.29, 1.82) is 0 Å². The van der Waals surface area contributed by atoms with E-state index in [0.29, 0.717) is 32.1 Å². The third-order valence-electron chi connectivity index (χ3n) is 13.7. The van der Waals surface area contributed by atoms with Crippen molar-refractivity contribution in [3.63, 3.8) is 0 Å². The van der Waals surface area contributed by atoms with Gasteiger partial charge in [0.25, 0.3) is 0 Å². The normalized spacial score (nSPS) is 13.3. The minimum Gasteiger partial charge on any atom is -0.481 e. The Morgan fingerprint density at radius 2 is 0.788 bits per heavy atom. The van der Waals surface area contributed by atoms with Gasteiger partial charge in [0.15, 0.2) is 5.78 Å². The predicted octanol–water partition coefficient (Wildman–Crippen LogP) is 4.10. The van der Waals surface area contributed by atoms with Crippen molar-refractivity contribution in [1.82, 2.24) is 26.6 Å². The first-order chi connectivity index (χ1) is 40.5. The summed E-state index contributed by atoms with van der Waals surface area (Å²) < 4.78 is 21.3. The van der Waals surface area contributed by atoms with E-state index in [9.17, 15) is 83.1 Å². The number of nitrogens with one attached hydrogen (secondary N) is 5. The molecule has 0 aromatic carbocycles. The van der Waals surface area contributed by atoms with Gasteiger partial charge in [-0.1, -0.05) is 90.4 Å². The molecule has 27 heteroatoms. The first-order valence-electron chi connectivity index (χ1n) is 30.1. The molecule has 0 unspecified atom stereocenters. The van der Waals surface area contributed by atoms with E-state index in [1.807, 2.05) is 0 Å². The molecule has 0 rings (SSSR count). The molecule has 0 aliphatic rings. The molecule has 0 aliphatic carbocycles. The SMILES string of the molecule is C[C@@H](CCCCNC(=O)CC[C@H](NC(=O)COCCOCCCC(=O)COCCOCCNC(=O)CC[C@H](NC(=O)CC[C@H](NC(=O)CCCCCCCCCCCCCCCCC(=O)O)C(=O)O)C(=O)O)C(=O)O)C(=O)C[C@H](C(=O)O)[C@@H](C)O.[HH]. The maximum atomic E-state index is 12.6. The molecule has 0 aliphatic heterocycles. The Labute approximate surface area is 500 Å². The number of carboxylic acids is 5. The molecule has 0 bridgehead atoms. The summed E-state index contributed by atoms with van der Waals surface area (Å²) in [5.41, 5.74) is 0. The largest absolute Gasteiger partial charge is 0.481 e. The zero-order valence-electron chi connectivity index (χ0n) is 50.0. The van der Waals surface area contributed by atoms with Gasteiger partial charge in [-0.15, -0.1) is 0 Å². The minimum atomic E-state index is -1.42. The van der Waals surface area contributed by atoms with Crippen LogP contribution in [0.1, 0.15) is 195 Å². The van der Waals surface area contributed by atoms with Gasteiger partial charge in [-0.25, -0.2) is 14.4 Å². The number of rotatable bonds is 59. The number of ether oxygens (including phenoxy) is 4. The maximum Gasteiger partial charge on any atom is 0.326 e. The molecule has 27 nitrogen and oxygen atoms in total. The van der Waals surface area contributed by atoms with Crippen LogP contribution in [0.3, 0.4) is 0 Å². The molecular formula is C58H101N5O22. The summed E-state index contributed by atoms with van der Waals surface area (Å²) in [5, 5.41) is 68.4. The van der Waals surface area contributed by atoms with Crippen molar-refractivity contribution in [2.75, 3.05) is 65.9 Å². The Morgan fingerprint density at radius 1 is 0.376 bits per heavy atom. The highest BCUT2D eigenvalue weighted by Crippen LogP contribution is 2.18. The molecule has 0 aromatic rings. The van der Waals surface area contributed by atoms with Gasteiger partial charge in [-0.05, 0) is 58.3 Å². The highest BCUT2D eigenvalue weighted by molar-refractivity contribution is 5.88. The molecular weight excluding hydrogens is 1120 g/mol. The molecule has 85 heavy (non-hydrogen) atoms. The van der Waals surface area contributed by atoms with Gasteiger partial charge in [0.05, 0.1) is 45.1 Å². The van der Waals surface area contributed by atoms with E-state index in [1.54, 1.807) is 6.92 Å². The number of Topliss-reactive ketones (excluding diaryl/α,β-unsaturated/α-hetero) is 2. The number of hydrogen-bond acceptors (Lipinski definition) is 17. The van der Waals surface area contributed by atoms with Gasteiger partial charge < -0.3 is 76.2 Å². The monoisotopic (exact) mass is 1220 g/mol. The van der Waals surface area contributed by atoms with Crippen molar-refractivity contribution in [2.45, 2.75) is 218 Å². The number of hydrogen-bond donors (Lipinski definition) is 11. The highest BCUT2D eigenvalue weighted by Gasteiger charge is 2.29. The molecule has 0 heterocycles. The number of ketones is 2. The van der Waals surface area contributed by atoms with Crippen LogP contribution in [0.15, 0.2) is 0 Å². The van der Waals surface area contributed by atoms with Crippen LogP contribution in [0.2, 0.25) is 0 Å². The summed E-state index contributed by atoms with van der Waals surface area (Å²) in [5.74, 6) is -10.9. The Morgan fingerprint density at radius 3 is 1.26 bits per heavy atom. The second-order valence-electron chi connectivity index (χ2n) is 21.3. The molecule has 0 saturated heterocycles. The van der Waals surface area contributed by atoms with Gasteiger partial charge in [0.2, 0.25) is 29.5 Å². The lowest BCUT2D eigenvalue weighted by Gasteiger charge is -2.17. The number of carboxylic acid groups (broad SMARTS) is 5. The van der Waals surface area contributed by atoms with Crippen molar-refractivity contribution in [3.8, 4) is 0 Å². The Kier molecular flexibility index (Phi) is 47.4. The van der Waals surface area contributed by atoms with Gasteiger partial charge in [-0.2, -0.15) is 0 Å². The van der Waals surface area contributed by atoms with Crippen molar-refractivity contribution in [2.24, 2.45) is 11.8 Å². The average Bonchev–Trinajstić information content (AvgIpc) is 3.59. The van der Waals surface area contributed by atoms with Crippen LogP contribution in [-0.4, -0.2) is 192 Å².